The van der Waals surface area contributed by atoms with Gasteiger partial charge in [0.15, 0.2) is 0 Å². The summed E-state index contributed by atoms with van der Waals surface area (Å²) in [6.45, 7) is 4.93. The number of hydrogen-bond donors (Lipinski definition) is 3. The fraction of sp³-hybridized carbons (Fsp3) is 0.964. The van der Waals surface area contributed by atoms with Crippen LogP contribution >= 0.6 is 0 Å². The molecule has 6 nitrogen and oxygen atoms in total. The van der Waals surface area contributed by atoms with Gasteiger partial charge in [-0.3, -0.25) is 9.59 Å². The van der Waals surface area contributed by atoms with E-state index in [0.29, 0.717) is 25.9 Å². The molecular formula is C56H111NO5. The van der Waals surface area contributed by atoms with Crippen LogP contribution in [0.5, 0.6) is 0 Å². The monoisotopic (exact) mass is 878 g/mol. The van der Waals surface area contributed by atoms with Crippen LogP contribution in [0.25, 0.3) is 0 Å². The summed E-state index contributed by atoms with van der Waals surface area (Å²) in [5.41, 5.74) is 0. The van der Waals surface area contributed by atoms with Gasteiger partial charge in [-0.25, -0.2) is 0 Å². The molecule has 0 heterocycles. The predicted octanol–water partition coefficient (Wildman–Crippen LogP) is 17.1. The number of carbonyl (C=O) groups is 2. The number of amides is 1. The first kappa shape index (κ1) is 60.9. The van der Waals surface area contributed by atoms with Gasteiger partial charge in [-0.2, -0.15) is 0 Å². The zero-order valence-corrected chi connectivity index (χ0v) is 42.1. The molecule has 370 valence electrons. The molecule has 0 aromatic heterocycles. The van der Waals surface area contributed by atoms with Crippen LogP contribution in [0.2, 0.25) is 0 Å². The molecule has 3 N–H and O–H groups in total. The number of nitrogens with one attached hydrogen (secondary N) is 1. The Bertz CT molecular complexity index is 882. The first-order valence-electron chi connectivity index (χ1n) is 28.3. The standard InChI is InChI=1S/C56H111NO5/c1-3-5-7-9-11-13-15-17-19-21-22-23-25-27-29-34-38-42-46-50-56(61)62-51-47-43-39-35-31-30-33-37-41-45-49-55(60)57-53(52-58)54(59)48-44-40-36-32-28-26-24-20-18-16-14-12-10-8-6-4-2/h53-54,58-59H,3-52H2,1-2H3,(H,57,60). The summed E-state index contributed by atoms with van der Waals surface area (Å²) in [6, 6.07) is -0.556. The van der Waals surface area contributed by atoms with Crippen LogP contribution < -0.4 is 5.32 Å². The summed E-state index contributed by atoms with van der Waals surface area (Å²) in [5.74, 6) is -0.0671. The normalized spacial score (nSPS) is 12.5. The van der Waals surface area contributed by atoms with E-state index in [2.05, 4.69) is 19.2 Å². The van der Waals surface area contributed by atoms with E-state index < -0.39 is 12.1 Å². The Morgan fingerprint density at radius 3 is 0.984 bits per heavy atom. The van der Waals surface area contributed by atoms with Crippen LogP contribution in [-0.2, 0) is 14.3 Å². The molecule has 0 fully saturated rings. The topological polar surface area (TPSA) is 95.9 Å². The molecule has 0 aliphatic carbocycles. The molecule has 0 aromatic carbocycles. The van der Waals surface area contributed by atoms with Crippen molar-refractivity contribution >= 4 is 11.9 Å². The predicted molar refractivity (Wildman–Crippen MR) is 269 cm³/mol. The van der Waals surface area contributed by atoms with Gasteiger partial charge in [0.05, 0.1) is 25.4 Å². The second kappa shape index (κ2) is 52.5. The van der Waals surface area contributed by atoms with Crippen molar-refractivity contribution in [3.05, 3.63) is 0 Å². The van der Waals surface area contributed by atoms with Crippen LogP contribution in [0.3, 0.4) is 0 Å². The molecule has 0 bridgehead atoms. The van der Waals surface area contributed by atoms with Gasteiger partial charge in [-0.1, -0.05) is 284 Å². The Labute approximate surface area is 387 Å². The van der Waals surface area contributed by atoms with E-state index >= 15 is 0 Å². The van der Waals surface area contributed by atoms with Gasteiger partial charge >= 0.3 is 5.97 Å². The fourth-order valence-corrected chi connectivity index (χ4v) is 9.05. The van der Waals surface area contributed by atoms with E-state index in [1.165, 1.54) is 231 Å². The Hall–Kier alpha value is -1.14. The fourth-order valence-electron chi connectivity index (χ4n) is 9.05. The third kappa shape index (κ3) is 48.3. The maximum Gasteiger partial charge on any atom is 0.305 e. The molecule has 0 rings (SSSR count). The van der Waals surface area contributed by atoms with Crippen LogP contribution in [0, 0.1) is 0 Å². The first-order chi connectivity index (χ1) is 30.5. The van der Waals surface area contributed by atoms with Crippen molar-refractivity contribution in [3.63, 3.8) is 0 Å². The van der Waals surface area contributed by atoms with E-state index in [1.54, 1.807) is 0 Å². The van der Waals surface area contributed by atoms with E-state index in [0.717, 1.165) is 57.8 Å². The van der Waals surface area contributed by atoms with Crippen LogP contribution in [0.15, 0.2) is 0 Å². The lowest BCUT2D eigenvalue weighted by atomic mass is 10.0. The highest BCUT2D eigenvalue weighted by molar-refractivity contribution is 5.76. The third-order valence-electron chi connectivity index (χ3n) is 13.4. The van der Waals surface area contributed by atoms with Crippen molar-refractivity contribution in [2.45, 2.75) is 334 Å². The van der Waals surface area contributed by atoms with Gasteiger partial charge in [0.25, 0.3) is 0 Å². The van der Waals surface area contributed by atoms with Gasteiger partial charge < -0.3 is 20.3 Å². The maximum atomic E-state index is 12.5. The molecule has 0 aliphatic rings. The zero-order chi connectivity index (χ0) is 45.1. The lowest BCUT2D eigenvalue weighted by Crippen LogP contribution is -2.45. The Balaban J connectivity index is 3.43. The average molecular weight is 879 g/mol. The van der Waals surface area contributed by atoms with Crippen molar-refractivity contribution in [2.24, 2.45) is 0 Å². The second-order valence-corrected chi connectivity index (χ2v) is 19.6. The number of carbonyl (C=O) groups excluding carboxylic acids is 2. The summed E-state index contributed by atoms with van der Waals surface area (Å²) >= 11 is 0. The van der Waals surface area contributed by atoms with Gasteiger partial charge in [0.2, 0.25) is 5.91 Å². The zero-order valence-electron chi connectivity index (χ0n) is 42.1. The number of aliphatic hydroxyl groups excluding tert-OH is 2. The molecule has 0 saturated carbocycles. The SMILES string of the molecule is CCCCCCCCCCCCCCCCCCCCCC(=O)OCCCCCCCCCCCCC(=O)NC(CO)C(O)CCCCCCCCCCCCCCCCCC. The average Bonchev–Trinajstić information content (AvgIpc) is 3.27. The van der Waals surface area contributed by atoms with Crippen LogP contribution in [0.1, 0.15) is 322 Å². The van der Waals surface area contributed by atoms with Gasteiger partial charge in [-0.15, -0.1) is 0 Å². The molecule has 0 aliphatic heterocycles. The van der Waals surface area contributed by atoms with Crippen molar-refractivity contribution in [1.82, 2.24) is 5.32 Å². The highest BCUT2D eigenvalue weighted by atomic mass is 16.5. The van der Waals surface area contributed by atoms with Gasteiger partial charge in [0.1, 0.15) is 0 Å². The largest absolute Gasteiger partial charge is 0.466 e. The third-order valence-corrected chi connectivity index (χ3v) is 13.4. The molecule has 6 heteroatoms. The lowest BCUT2D eigenvalue weighted by molar-refractivity contribution is -0.143. The number of aliphatic hydroxyl groups is 2. The lowest BCUT2D eigenvalue weighted by Gasteiger charge is -2.22. The summed E-state index contributed by atoms with van der Waals surface area (Å²) in [4.78, 5) is 24.6. The number of esters is 1. The van der Waals surface area contributed by atoms with E-state index in [-0.39, 0.29) is 18.5 Å². The van der Waals surface area contributed by atoms with Crippen molar-refractivity contribution in [2.75, 3.05) is 13.2 Å². The smallest absolute Gasteiger partial charge is 0.305 e. The summed E-state index contributed by atoms with van der Waals surface area (Å²) in [7, 11) is 0. The minimum atomic E-state index is -0.677. The quantitative estimate of drug-likeness (QED) is 0.0418. The maximum absolute atomic E-state index is 12.5. The van der Waals surface area contributed by atoms with E-state index in [4.69, 9.17) is 4.74 Å². The summed E-state index contributed by atoms with van der Waals surface area (Å²) in [6.07, 6.45) is 59.4. The molecule has 2 unspecified atom stereocenters. The molecule has 2 atom stereocenters. The van der Waals surface area contributed by atoms with Crippen molar-refractivity contribution in [3.8, 4) is 0 Å². The molecule has 0 aromatic rings. The Morgan fingerprint density at radius 2 is 0.661 bits per heavy atom. The molecule has 0 spiro atoms. The number of rotatable bonds is 53. The van der Waals surface area contributed by atoms with Crippen molar-refractivity contribution in [1.29, 1.82) is 0 Å². The van der Waals surface area contributed by atoms with Crippen LogP contribution in [0.4, 0.5) is 0 Å². The number of unbranched alkanes of at least 4 members (excludes halogenated alkanes) is 42. The number of hydrogen-bond acceptors (Lipinski definition) is 5. The first-order valence-corrected chi connectivity index (χ1v) is 28.3. The van der Waals surface area contributed by atoms with Gasteiger partial charge in [0, 0.05) is 12.8 Å². The Kier molecular flexibility index (Phi) is 51.5. The molecule has 0 radical (unpaired) electrons. The minimum Gasteiger partial charge on any atom is -0.466 e. The summed E-state index contributed by atoms with van der Waals surface area (Å²) in [5, 5.41) is 23.3. The second-order valence-electron chi connectivity index (χ2n) is 19.6. The molecule has 1 amide bonds. The number of ether oxygens (including phenoxy) is 1. The molecule has 62 heavy (non-hydrogen) atoms. The van der Waals surface area contributed by atoms with Gasteiger partial charge in [-0.05, 0) is 25.7 Å². The highest BCUT2D eigenvalue weighted by Gasteiger charge is 2.20. The summed E-state index contributed by atoms with van der Waals surface area (Å²) < 4.78 is 5.48. The minimum absolute atomic E-state index is 0.0130. The highest BCUT2D eigenvalue weighted by Crippen LogP contribution is 2.18. The van der Waals surface area contributed by atoms with E-state index in [9.17, 15) is 19.8 Å². The molecule has 0 saturated heterocycles. The Morgan fingerprint density at radius 1 is 0.387 bits per heavy atom. The molecular weight excluding hydrogens is 767 g/mol. The van der Waals surface area contributed by atoms with Crippen LogP contribution in [-0.4, -0.2) is 47.4 Å². The van der Waals surface area contributed by atoms with Crippen molar-refractivity contribution < 1.29 is 24.5 Å². The van der Waals surface area contributed by atoms with E-state index in [1.807, 2.05) is 0 Å².